The summed E-state index contributed by atoms with van der Waals surface area (Å²) in [5, 5.41) is 50.6. The molecule has 1 fully saturated rings. The van der Waals surface area contributed by atoms with E-state index in [2.05, 4.69) is 10.6 Å². The van der Waals surface area contributed by atoms with Gasteiger partial charge >= 0.3 is 0 Å². The lowest BCUT2D eigenvalue weighted by atomic mass is 9.99. The highest BCUT2D eigenvalue weighted by Crippen LogP contribution is 2.29. The molecule has 0 aromatic heterocycles. The molecule has 2 aromatic carbocycles. The van der Waals surface area contributed by atoms with E-state index < -0.39 is 47.3 Å². The Morgan fingerprint density at radius 1 is 1.06 bits per heavy atom. The number of para-hydroxylation sites is 2. The number of hydrogen-bond acceptors (Lipinski definition) is 9. The second kappa shape index (κ2) is 10.7. The topological polar surface area (TPSA) is 184 Å². The van der Waals surface area contributed by atoms with E-state index in [4.69, 9.17) is 26.8 Å². The molecule has 1 saturated heterocycles. The van der Waals surface area contributed by atoms with E-state index in [1.165, 1.54) is 12.1 Å². The molecule has 0 spiro atoms. The van der Waals surface area contributed by atoms with E-state index in [0.29, 0.717) is 12.2 Å². The van der Waals surface area contributed by atoms with Crippen molar-refractivity contribution in [2.45, 2.75) is 42.1 Å². The Labute approximate surface area is 195 Å². The molecule has 0 radical (unpaired) electrons. The molecule has 2 aromatic rings. The normalized spacial score (nSPS) is 25.3. The maximum Gasteiger partial charge on any atom is 0.238 e. The molecule has 5 atom stereocenters. The highest BCUT2D eigenvalue weighted by molar-refractivity contribution is 7.89. The lowest BCUT2D eigenvalue weighted by Crippen LogP contribution is -2.60. The molecule has 13 heteroatoms. The zero-order chi connectivity index (χ0) is 24.2. The number of rotatable bonds is 7. The van der Waals surface area contributed by atoms with Crippen LogP contribution >= 0.6 is 12.2 Å². The van der Waals surface area contributed by atoms with Crippen LogP contribution in [0.25, 0.3) is 0 Å². The lowest BCUT2D eigenvalue weighted by molar-refractivity contribution is -0.277. The van der Waals surface area contributed by atoms with Crippen LogP contribution in [0.1, 0.15) is 5.56 Å². The molecule has 0 aliphatic carbocycles. The van der Waals surface area contributed by atoms with Gasteiger partial charge in [-0.25, -0.2) is 13.6 Å². The van der Waals surface area contributed by atoms with Gasteiger partial charge in [-0.2, -0.15) is 0 Å². The molecule has 0 saturated carbocycles. The van der Waals surface area contributed by atoms with Crippen LogP contribution in [0.4, 0.5) is 5.69 Å². The molecule has 1 aliphatic rings. The van der Waals surface area contributed by atoms with E-state index in [1.54, 1.807) is 36.4 Å². The average Bonchev–Trinajstić information content (AvgIpc) is 2.79. The first-order chi connectivity index (χ1) is 15.6. The van der Waals surface area contributed by atoms with E-state index in [9.17, 15) is 28.8 Å². The summed E-state index contributed by atoms with van der Waals surface area (Å²) < 4.78 is 33.7. The average molecular weight is 500 g/mol. The molecular weight excluding hydrogens is 474 g/mol. The van der Waals surface area contributed by atoms with E-state index in [0.717, 1.165) is 5.56 Å². The molecule has 0 bridgehead atoms. The van der Waals surface area contributed by atoms with Crippen molar-refractivity contribution in [3.8, 4) is 5.75 Å². The van der Waals surface area contributed by atoms with E-state index in [1.807, 2.05) is 0 Å². The Morgan fingerprint density at radius 3 is 2.36 bits per heavy atom. The van der Waals surface area contributed by atoms with Crippen molar-refractivity contribution < 1.29 is 38.3 Å². The molecular formula is C20H25N3O8S2. The van der Waals surface area contributed by atoms with Crippen LogP contribution in [-0.4, -0.2) is 71.3 Å². The number of sulfonamides is 1. The second-order valence-electron chi connectivity index (χ2n) is 7.31. The number of benzene rings is 2. The number of hydrogen-bond donors (Lipinski definition) is 7. The molecule has 33 heavy (non-hydrogen) atoms. The Bertz CT molecular complexity index is 1070. The zero-order valence-corrected chi connectivity index (χ0v) is 18.9. The summed E-state index contributed by atoms with van der Waals surface area (Å²) in [5.74, 6) is 0.239. The van der Waals surface area contributed by atoms with Gasteiger partial charge in [0, 0.05) is 6.54 Å². The fourth-order valence-electron chi connectivity index (χ4n) is 3.11. The number of aliphatic hydroxyl groups is 4. The molecule has 180 valence electrons. The molecule has 0 unspecified atom stereocenters. The fraction of sp³-hybridized carbons (Fsp3) is 0.350. The molecule has 11 nitrogen and oxygen atoms in total. The number of ether oxygens (including phenoxy) is 2. The summed E-state index contributed by atoms with van der Waals surface area (Å²) in [6.07, 6.45) is -7.06. The Kier molecular flexibility index (Phi) is 8.20. The van der Waals surface area contributed by atoms with Crippen molar-refractivity contribution in [2.75, 3.05) is 11.9 Å². The first-order valence-corrected chi connectivity index (χ1v) is 11.8. The van der Waals surface area contributed by atoms with Crippen LogP contribution in [0.5, 0.6) is 5.75 Å². The maximum absolute atomic E-state index is 11.3. The van der Waals surface area contributed by atoms with Gasteiger partial charge in [-0.1, -0.05) is 24.3 Å². The summed E-state index contributed by atoms with van der Waals surface area (Å²) in [7, 11) is -3.77. The van der Waals surface area contributed by atoms with Crippen molar-refractivity contribution in [2.24, 2.45) is 5.14 Å². The third kappa shape index (κ3) is 6.37. The molecule has 1 heterocycles. The Morgan fingerprint density at radius 2 is 1.73 bits per heavy atom. The largest absolute Gasteiger partial charge is 0.460 e. The fourth-order valence-corrected chi connectivity index (χ4v) is 3.81. The van der Waals surface area contributed by atoms with Crippen LogP contribution in [0.15, 0.2) is 53.4 Å². The monoisotopic (exact) mass is 499 g/mol. The summed E-state index contributed by atoms with van der Waals surface area (Å²) >= 11 is 5.30. The first-order valence-electron chi connectivity index (χ1n) is 9.83. The molecule has 1 aliphatic heterocycles. The summed E-state index contributed by atoms with van der Waals surface area (Å²) in [5.41, 5.74) is 1.19. The highest BCUT2D eigenvalue weighted by atomic mass is 32.2. The van der Waals surface area contributed by atoms with Crippen molar-refractivity contribution >= 4 is 33.0 Å². The third-order valence-electron chi connectivity index (χ3n) is 4.93. The summed E-state index contributed by atoms with van der Waals surface area (Å²) in [6, 6.07) is 12.6. The van der Waals surface area contributed by atoms with E-state index >= 15 is 0 Å². The number of nitrogens with two attached hydrogens (primary N) is 1. The van der Waals surface area contributed by atoms with Crippen molar-refractivity contribution in [1.29, 1.82) is 0 Å². The van der Waals surface area contributed by atoms with Crippen LogP contribution < -0.4 is 20.5 Å². The quantitative estimate of drug-likeness (QED) is 0.232. The van der Waals surface area contributed by atoms with Gasteiger partial charge in [0.25, 0.3) is 0 Å². The van der Waals surface area contributed by atoms with Gasteiger partial charge in [-0.05, 0) is 42.0 Å². The van der Waals surface area contributed by atoms with Crippen LogP contribution in [-0.2, 0) is 21.3 Å². The molecule has 8 N–H and O–H groups in total. The van der Waals surface area contributed by atoms with Crippen LogP contribution in [0.2, 0.25) is 0 Å². The van der Waals surface area contributed by atoms with Crippen molar-refractivity contribution in [3.05, 3.63) is 54.1 Å². The number of anilines is 1. The second-order valence-corrected chi connectivity index (χ2v) is 9.28. The van der Waals surface area contributed by atoms with Gasteiger partial charge in [-0.15, -0.1) is 0 Å². The summed E-state index contributed by atoms with van der Waals surface area (Å²) in [6.45, 7) is -0.274. The minimum Gasteiger partial charge on any atom is -0.460 e. The predicted octanol–water partition coefficient (Wildman–Crippen LogP) is -1.00. The first kappa shape index (κ1) is 25.3. The Balaban J connectivity index is 1.62. The standard InChI is InChI=1S/C20H25N3O8S2/c21-33(28,29)12-7-5-11(6-8-12)9-22-20(32)23-13-3-1-2-4-14(13)30-19-18(27)17(26)16(25)15(10-24)31-19/h1-8,15-19,24-27H,9-10H2,(H2,21,28,29)(H2,22,23,32)/t15-,16-,17+,18+,19+/m1/s1. The van der Waals surface area contributed by atoms with Crippen LogP contribution in [0.3, 0.4) is 0 Å². The minimum absolute atomic E-state index is 0.00576. The predicted molar refractivity (Wildman–Crippen MR) is 122 cm³/mol. The van der Waals surface area contributed by atoms with Crippen molar-refractivity contribution in [1.82, 2.24) is 5.32 Å². The van der Waals surface area contributed by atoms with Crippen LogP contribution in [0, 0.1) is 0 Å². The number of aliphatic hydroxyl groups excluding tert-OH is 4. The molecule has 3 rings (SSSR count). The molecule has 0 amide bonds. The number of nitrogens with one attached hydrogen (secondary N) is 2. The number of thiocarbonyl (C=S) groups is 1. The zero-order valence-electron chi connectivity index (χ0n) is 17.2. The van der Waals surface area contributed by atoms with Gasteiger partial charge < -0.3 is 40.5 Å². The van der Waals surface area contributed by atoms with Gasteiger partial charge in [-0.3, -0.25) is 0 Å². The van der Waals surface area contributed by atoms with Crippen molar-refractivity contribution in [3.63, 3.8) is 0 Å². The smallest absolute Gasteiger partial charge is 0.238 e. The SMILES string of the molecule is NS(=O)(=O)c1ccc(CNC(=S)Nc2ccccc2O[C@H]2O[C@H](CO)[C@@H](O)[C@H](O)[C@@H]2O)cc1. The Hall–Kier alpha value is -2.36. The number of primary sulfonamides is 1. The third-order valence-corrected chi connectivity index (χ3v) is 6.11. The maximum atomic E-state index is 11.3. The highest BCUT2D eigenvalue weighted by Gasteiger charge is 2.44. The lowest BCUT2D eigenvalue weighted by Gasteiger charge is -2.39. The van der Waals surface area contributed by atoms with Gasteiger partial charge in [0.1, 0.15) is 30.2 Å². The van der Waals surface area contributed by atoms with Gasteiger partial charge in [0.05, 0.1) is 17.2 Å². The van der Waals surface area contributed by atoms with E-state index in [-0.39, 0.29) is 15.8 Å². The van der Waals surface area contributed by atoms with Gasteiger partial charge in [0.2, 0.25) is 16.3 Å². The minimum atomic E-state index is -3.77. The van der Waals surface area contributed by atoms with Gasteiger partial charge in [0.15, 0.2) is 5.11 Å². The summed E-state index contributed by atoms with van der Waals surface area (Å²) in [4.78, 5) is 0.00576.